The van der Waals surface area contributed by atoms with Crippen LogP contribution in [0.25, 0.3) is 0 Å². The SMILES string of the molecule is CCC1CNC(=O)CO1.Cl.Cl. The molecule has 0 aliphatic carbocycles. The molecule has 0 radical (unpaired) electrons. The number of halogens is 2. The minimum Gasteiger partial charge on any atom is -0.367 e. The number of amides is 1. The predicted octanol–water partition coefficient (Wildman–Crippen LogP) is 0.755. The first-order valence-electron chi connectivity index (χ1n) is 3.21. The van der Waals surface area contributed by atoms with Gasteiger partial charge in [-0.1, -0.05) is 6.92 Å². The van der Waals surface area contributed by atoms with Gasteiger partial charge in [0.15, 0.2) is 0 Å². The Morgan fingerprint density at radius 1 is 1.64 bits per heavy atom. The fourth-order valence-electron chi connectivity index (χ4n) is 0.793. The molecule has 1 amide bonds. The highest BCUT2D eigenvalue weighted by molar-refractivity contribution is 5.85. The van der Waals surface area contributed by atoms with Crippen LogP contribution in [-0.2, 0) is 9.53 Å². The lowest BCUT2D eigenvalue weighted by Gasteiger charge is -2.21. The molecule has 1 heterocycles. The Bertz CT molecular complexity index is 111. The fourth-order valence-corrected chi connectivity index (χ4v) is 0.793. The summed E-state index contributed by atoms with van der Waals surface area (Å²) in [6.45, 7) is 2.95. The van der Waals surface area contributed by atoms with Gasteiger partial charge in [0.2, 0.25) is 5.91 Å². The smallest absolute Gasteiger partial charge is 0.246 e. The van der Waals surface area contributed by atoms with Gasteiger partial charge in [-0.3, -0.25) is 4.79 Å². The van der Waals surface area contributed by atoms with Crippen LogP contribution < -0.4 is 5.32 Å². The molecule has 1 saturated heterocycles. The number of rotatable bonds is 1. The van der Waals surface area contributed by atoms with Crippen molar-refractivity contribution in [2.45, 2.75) is 19.4 Å². The minimum atomic E-state index is -0.000278. The molecular formula is C6H13Cl2NO2. The maximum atomic E-state index is 10.5. The van der Waals surface area contributed by atoms with Crippen molar-refractivity contribution < 1.29 is 9.53 Å². The molecule has 5 heteroatoms. The lowest BCUT2D eigenvalue weighted by atomic mass is 10.2. The minimum absolute atomic E-state index is 0. The highest BCUT2D eigenvalue weighted by Gasteiger charge is 2.15. The van der Waals surface area contributed by atoms with E-state index in [9.17, 15) is 4.79 Å². The fraction of sp³-hybridized carbons (Fsp3) is 0.833. The summed E-state index contributed by atoms with van der Waals surface area (Å²) in [5.74, 6) is -0.000278. The van der Waals surface area contributed by atoms with Crippen molar-refractivity contribution in [2.24, 2.45) is 0 Å². The van der Waals surface area contributed by atoms with Crippen LogP contribution >= 0.6 is 24.8 Å². The van der Waals surface area contributed by atoms with E-state index in [1.807, 2.05) is 6.92 Å². The van der Waals surface area contributed by atoms with Crippen molar-refractivity contribution in [1.82, 2.24) is 5.32 Å². The third-order valence-corrected chi connectivity index (χ3v) is 1.43. The van der Waals surface area contributed by atoms with Gasteiger partial charge >= 0.3 is 0 Å². The Morgan fingerprint density at radius 2 is 2.27 bits per heavy atom. The zero-order valence-electron chi connectivity index (χ0n) is 6.33. The monoisotopic (exact) mass is 201 g/mol. The Kier molecular flexibility index (Phi) is 8.28. The number of ether oxygens (including phenoxy) is 1. The van der Waals surface area contributed by atoms with E-state index in [-0.39, 0.29) is 43.4 Å². The van der Waals surface area contributed by atoms with Crippen molar-refractivity contribution in [2.75, 3.05) is 13.2 Å². The van der Waals surface area contributed by atoms with Gasteiger partial charge in [-0.25, -0.2) is 0 Å². The molecule has 3 nitrogen and oxygen atoms in total. The molecule has 1 atom stereocenters. The Labute approximate surface area is 78.7 Å². The quantitative estimate of drug-likeness (QED) is 0.681. The van der Waals surface area contributed by atoms with Gasteiger partial charge in [0, 0.05) is 6.54 Å². The largest absolute Gasteiger partial charge is 0.367 e. The van der Waals surface area contributed by atoms with Crippen LogP contribution in [0.5, 0.6) is 0 Å². The van der Waals surface area contributed by atoms with E-state index in [2.05, 4.69) is 5.32 Å². The first-order chi connectivity index (χ1) is 4.33. The second kappa shape index (κ2) is 6.70. The van der Waals surface area contributed by atoms with E-state index < -0.39 is 0 Å². The molecule has 1 unspecified atom stereocenters. The van der Waals surface area contributed by atoms with Crippen LogP contribution in [0.15, 0.2) is 0 Å². The van der Waals surface area contributed by atoms with Crippen molar-refractivity contribution in [3.8, 4) is 0 Å². The molecule has 0 saturated carbocycles. The number of nitrogens with one attached hydrogen (secondary N) is 1. The molecule has 1 fully saturated rings. The summed E-state index contributed by atoms with van der Waals surface area (Å²) in [6.07, 6.45) is 1.21. The van der Waals surface area contributed by atoms with Crippen LogP contribution in [-0.4, -0.2) is 25.2 Å². The summed E-state index contributed by atoms with van der Waals surface area (Å²) in [5, 5.41) is 2.72. The molecule has 0 aromatic rings. The molecular weight excluding hydrogens is 189 g/mol. The summed E-state index contributed by atoms with van der Waals surface area (Å²) in [7, 11) is 0. The topological polar surface area (TPSA) is 38.3 Å². The third-order valence-electron chi connectivity index (χ3n) is 1.43. The molecule has 0 spiro atoms. The molecule has 1 rings (SSSR count). The van der Waals surface area contributed by atoms with Gasteiger partial charge in [-0.2, -0.15) is 0 Å². The average molecular weight is 202 g/mol. The van der Waals surface area contributed by atoms with Gasteiger partial charge in [0.25, 0.3) is 0 Å². The first-order valence-corrected chi connectivity index (χ1v) is 3.21. The lowest BCUT2D eigenvalue weighted by molar-refractivity contribution is -0.133. The maximum Gasteiger partial charge on any atom is 0.246 e. The molecule has 11 heavy (non-hydrogen) atoms. The van der Waals surface area contributed by atoms with Crippen LogP contribution in [0.1, 0.15) is 13.3 Å². The maximum absolute atomic E-state index is 10.5. The van der Waals surface area contributed by atoms with E-state index in [4.69, 9.17) is 4.74 Å². The Morgan fingerprint density at radius 3 is 2.64 bits per heavy atom. The van der Waals surface area contributed by atoms with Crippen molar-refractivity contribution in [1.29, 1.82) is 0 Å². The second-order valence-corrected chi connectivity index (χ2v) is 2.15. The zero-order chi connectivity index (χ0) is 6.69. The molecule has 1 aliphatic rings. The predicted molar refractivity (Wildman–Crippen MR) is 47.5 cm³/mol. The van der Waals surface area contributed by atoms with Crippen molar-refractivity contribution in [3.05, 3.63) is 0 Å². The van der Waals surface area contributed by atoms with Gasteiger partial charge in [0.1, 0.15) is 6.61 Å². The molecule has 0 aromatic heterocycles. The summed E-state index contributed by atoms with van der Waals surface area (Å²) < 4.78 is 5.13. The normalized spacial score (nSPS) is 22.6. The van der Waals surface area contributed by atoms with Crippen LogP contribution in [0, 0.1) is 0 Å². The van der Waals surface area contributed by atoms with Crippen molar-refractivity contribution >= 4 is 30.7 Å². The first kappa shape index (κ1) is 13.6. The van der Waals surface area contributed by atoms with Crippen molar-refractivity contribution in [3.63, 3.8) is 0 Å². The Balaban J connectivity index is 0. The summed E-state index contributed by atoms with van der Waals surface area (Å²) in [6, 6.07) is 0. The number of carbonyl (C=O) groups excluding carboxylic acids is 1. The average Bonchev–Trinajstić information content (AvgIpc) is 1.90. The van der Waals surface area contributed by atoms with Gasteiger partial charge < -0.3 is 10.1 Å². The highest BCUT2D eigenvalue weighted by Crippen LogP contribution is 1.99. The zero-order valence-corrected chi connectivity index (χ0v) is 7.96. The molecule has 0 bridgehead atoms. The molecule has 1 N–H and O–H groups in total. The van der Waals surface area contributed by atoms with Crippen LogP contribution in [0.4, 0.5) is 0 Å². The van der Waals surface area contributed by atoms with E-state index in [0.29, 0.717) is 6.54 Å². The third kappa shape index (κ3) is 4.45. The second-order valence-electron chi connectivity index (χ2n) is 2.15. The van der Waals surface area contributed by atoms with Crippen LogP contribution in [0.3, 0.4) is 0 Å². The molecule has 68 valence electrons. The van der Waals surface area contributed by atoms with E-state index in [1.165, 1.54) is 0 Å². The van der Waals surface area contributed by atoms with Gasteiger partial charge in [-0.15, -0.1) is 24.8 Å². The summed E-state index contributed by atoms with van der Waals surface area (Å²) in [4.78, 5) is 10.5. The summed E-state index contributed by atoms with van der Waals surface area (Å²) >= 11 is 0. The van der Waals surface area contributed by atoms with E-state index in [1.54, 1.807) is 0 Å². The van der Waals surface area contributed by atoms with E-state index >= 15 is 0 Å². The molecule has 0 aromatic carbocycles. The number of morpholine rings is 1. The lowest BCUT2D eigenvalue weighted by Crippen LogP contribution is -2.42. The number of carbonyl (C=O) groups is 1. The van der Waals surface area contributed by atoms with Gasteiger partial charge in [-0.05, 0) is 6.42 Å². The highest BCUT2D eigenvalue weighted by atomic mass is 35.5. The number of hydrogen-bond donors (Lipinski definition) is 1. The number of hydrogen-bond acceptors (Lipinski definition) is 2. The summed E-state index contributed by atoms with van der Waals surface area (Å²) in [5.41, 5.74) is 0. The molecule has 1 aliphatic heterocycles. The Hall–Kier alpha value is 0.01000. The van der Waals surface area contributed by atoms with E-state index in [0.717, 1.165) is 6.42 Å². The standard InChI is InChI=1S/C6H11NO2.2ClH/c1-2-5-3-7-6(8)4-9-5;;/h5H,2-4H2,1H3,(H,7,8);2*1H. The van der Waals surface area contributed by atoms with Gasteiger partial charge in [0.05, 0.1) is 6.10 Å². The van der Waals surface area contributed by atoms with Crippen LogP contribution in [0.2, 0.25) is 0 Å².